The number of nitrogens with zero attached hydrogens (tertiary/aromatic N) is 7. The number of aliphatic hydroxyl groups is 1. The maximum atomic E-state index is 13.9. The van der Waals surface area contributed by atoms with Gasteiger partial charge in [-0.15, -0.1) is 29.9 Å². The molecule has 1 aromatic carbocycles. The predicted octanol–water partition coefficient (Wildman–Crippen LogP) is 3.53. The topological polar surface area (TPSA) is 103 Å². The second-order valence-corrected chi connectivity index (χ2v) is 9.54. The quantitative estimate of drug-likeness (QED) is 0.456. The van der Waals surface area contributed by atoms with Crippen LogP contribution in [0.15, 0.2) is 24.3 Å². The van der Waals surface area contributed by atoms with E-state index >= 15 is 0 Å². The number of piperazine rings is 1. The van der Waals surface area contributed by atoms with E-state index in [1.807, 2.05) is 6.07 Å². The number of ether oxygens (including phenoxy) is 1. The molecule has 1 aliphatic heterocycles. The number of benzene rings is 1. The summed E-state index contributed by atoms with van der Waals surface area (Å²) in [4.78, 5) is 8.50. The highest BCUT2D eigenvalue weighted by atomic mass is 35.5. The first-order valence-electron chi connectivity index (χ1n) is 11.6. The van der Waals surface area contributed by atoms with Crippen molar-refractivity contribution in [1.82, 2.24) is 29.8 Å². The van der Waals surface area contributed by atoms with Gasteiger partial charge in [-0.2, -0.15) is 18.4 Å². The van der Waals surface area contributed by atoms with Crippen LogP contribution < -0.4 is 4.74 Å². The Labute approximate surface area is 231 Å². The van der Waals surface area contributed by atoms with Crippen LogP contribution in [0.3, 0.4) is 0 Å². The van der Waals surface area contributed by atoms with Crippen molar-refractivity contribution in [3.63, 3.8) is 0 Å². The van der Waals surface area contributed by atoms with Crippen molar-refractivity contribution in [3.05, 3.63) is 35.5 Å². The van der Waals surface area contributed by atoms with Crippen LogP contribution in [0.1, 0.15) is 25.1 Å². The average molecular weight is 576 g/mol. The second kappa shape index (κ2) is 12.4. The lowest BCUT2D eigenvalue weighted by molar-refractivity contribution is -0.139. The lowest BCUT2D eigenvalue weighted by atomic mass is 10.1. The van der Waals surface area contributed by atoms with Crippen molar-refractivity contribution in [1.29, 1.82) is 5.26 Å². The molecule has 3 heterocycles. The van der Waals surface area contributed by atoms with Crippen LogP contribution >= 0.6 is 24.8 Å². The van der Waals surface area contributed by atoms with Gasteiger partial charge < -0.3 is 9.84 Å². The number of alkyl halides is 3. The number of halogens is 5. The van der Waals surface area contributed by atoms with E-state index in [1.54, 1.807) is 27.0 Å². The van der Waals surface area contributed by atoms with Crippen molar-refractivity contribution in [2.45, 2.75) is 25.6 Å². The third kappa shape index (κ3) is 7.45. The number of aryl methyl sites for hydroxylation is 1. The van der Waals surface area contributed by atoms with Crippen LogP contribution in [0.25, 0.3) is 22.3 Å². The van der Waals surface area contributed by atoms with Crippen molar-refractivity contribution >= 4 is 35.8 Å². The molecule has 38 heavy (non-hydrogen) atoms. The molecule has 1 saturated heterocycles. The zero-order chi connectivity index (χ0) is 26.1. The molecular formula is C24H30Cl2F3N7O2. The molecule has 9 nitrogen and oxygen atoms in total. The average Bonchev–Trinajstić information content (AvgIpc) is 3.19. The summed E-state index contributed by atoms with van der Waals surface area (Å²) >= 11 is 0. The summed E-state index contributed by atoms with van der Waals surface area (Å²) in [6.07, 6.45) is -4.63. The fraction of sp³-hybridized carbons (Fsp3) is 0.500. The maximum absolute atomic E-state index is 13.9. The molecule has 2 aromatic heterocycles. The fourth-order valence-electron chi connectivity index (χ4n) is 4.30. The minimum Gasteiger partial charge on any atom is -0.492 e. The number of fused-ring (bicyclic) bond motifs is 1. The molecule has 0 radical (unpaired) electrons. The van der Waals surface area contributed by atoms with Gasteiger partial charge in [0.05, 0.1) is 22.4 Å². The number of nitriles is 1. The van der Waals surface area contributed by atoms with E-state index in [0.29, 0.717) is 24.1 Å². The number of hydrogen-bond donors (Lipinski definition) is 1. The molecular weight excluding hydrogens is 546 g/mol. The number of β-amino-alcohol motifs (C(OH)–C–C–N with tert-alkyl or cyclic N) is 1. The zero-order valence-electron chi connectivity index (χ0n) is 21.2. The van der Waals surface area contributed by atoms with E-state index in [4.69, 9.17) is 4.74 Å². The molecule has 1 N–H and O–H groups in total. The first-order chi connectivity index (χ1) is 16.9. The normalized spacial score (nSPS) is 15.0. The third-order valence-corrected chi connectivity index (χ3v) is 6.03. The van der Waals surface area contributed by atoms with E-state index < -0.39 is 17.3 Å². The molecule has 0 atom stereocenters. The Morgan fingerprint density at radius 1 is 1.08 bits per heavy atom. The number of aromatic nitrogens is 4. The molecule has 1 fully saturated rings. The van der Waals surface area contributed by atoms with Crippen molar-refractivity contribution in [2.75, 3.05) is 45.9 Å². The Hall–Kier alpha value is -2.69. The summed E-state index contributed by atoms with van der Waals surface area (Å²) in [5.41, 5.74) is -0.473. The van der Waals surface area contributed by atoms with Gasteiger partial charge in [0.25, 0.3) is 0 Å². The Morgan fingerprint density at radius 3 is 2.34 bits per heavy atom. The van der Waals surface area contributed by atoms with Gasteiger partial charge in [-0.25, -0.2) is 9.67 Å². The highest BCUT2D eigenvalue weighted by Gasteiger charge is 2.35. The van der Waals surface area contributed by atoms with Crippen molar-refractivity contribution < 1.29 is 23.0 Å². The minimum absolute atomic E-state index is 0. The van der Waals surface area contributed by atoms with Gasteiger partial charge in [0.15, 0.2) is 5.69 Å². The van der Waals surface area contributed by atoms with Gasteiger partial charge in [0, 0.05) is 51.9 Å². The van der Waals surface area contributed by atoms with Crippen LogP contribution in [-0.2, 0) is 13.2 Å². The highest BCUT2D eigenvalue weighted by Crippen LogP contribution is 2.39. The smallest absolute Gasteiger partial charge is 0.419 e. The molecule has 0 saturated carbocycles. The Morgan fingerprint density at radius 2 is 1.74 bits per heavy atom. The number of hydrogen-bond acceptors (Lipinski definition) is 8. The van der Waals surface area contributed by atoms with Crippen LogP contribution in [0, 0.1) is 11.3 Å². The van der Waals surface area contributed by atoms with Gasteiger partial charge in [-0.1, -0.05) is 5.21 Å². The highest BCUT2D eigenvalue weighted by molar-refractivity contribution is 5.86. The van der Waals surface area contributed by atoms with Gasteiger partial charge >= 0.3 is 6.18 Å². The largest absolute Gasteiger partial charge is 0.492 e. The SMILES string of the molecule is Cl.Cl.Cn1nnc2c(C#N)nc(-c3ccc(OCCN4CCN(CC(C)(C)O)CC4)c(C(F)(F)F)c3)cc21. The minimum atomic E-state index is -4.63. The summed E-state index contributed by atoms with van der Waals surface area (Å²) in [6, 6.07) is 7.27. The fourth-order valence-corrected chi connectivity index (χ4v) is 4.30. The first-order valence-corrected chi connectivity index (χ1v) is 11.6. The van der Waals surface area contributed by atoms with Crippen LogP contribution in [0.2, 0.25) is 0 Å². The summed E-state index contributed by atoms with van der Waals surface area (Å²) in [6.45, 7) is 7.78. The molecule has 208 valence electrons. The predicted molar refractivity (Wildman–Crippen MR) is 141 cm³/mol. The van der Waals surface area contributed by atoms with Crippen LogP contribution in [0.4, 0.5) is 13.2 Å². The van der Waals surface area contributed by atoms with E-state index in [1.165, 1.54) is 16.8 Å². The molecule has 1 aliphatic rings. The standard InChI is InChI=1S/C24H28F3N7O2.2ClH/c1-23(2,35)15-34-8-6-33(7-9-34)10-11-36-21-5-4-16(12-17(21)24(25,26)27)18-13-20-22(19(14-28)29-18)30-31-32(20)3;;/h4-5,12-13,35H,6-11,15H2,1-3H3;2*1H. The van der Waals surface area contributed by atoms with E-state index in [9.17, 15) is 23.5 Å². The Balaban J connectivity index is 0.00000253. The molecule has 14 heteroatoms. The van der Waals surface area contributed by atoms with Crippen molar-refractivity contribution in [3.8, 4) is 23.1 Å². The van der Waals surface area contributed by atoms with E-state index in [0.717, 1.165) is 32.2 Å². The molecule has 0 unspecified atom stereocenters. The van der Waals surface area contributed by atoms with Crippen molar-refractivity contribution in [2.24, 2.45) is 7.05 Å². The van der Waals surface area contributed by atoms with Gasteiger partial charge in [-0.3, -0.25) is 9.80 Å². The molecule has 0 bridgehead atoms. The monoisotopic (exact) mass is 575 g/mol. The summed E-state index contributed by atoms with van der Waals surface area (Å²) in [5, 5.41) is 27.1. The summed E-state index contributed by atoms with van der Waals surface area (Å²) in [5.74, 6) is -0.254. The van der Waals surface area contributed by atoms with Gasteiger partial charge in [0.1, 0.15) is 23.9 Å². The Bertz CT molecular complexity index is 1280. The lowest BCUT2D eigenvalue weighted by Crippen LogP contribution is -2.51. The molecule has 0 spiro atoms. The lowest BCUT2D eigenvalue weighted by Gasteiger charge is -2.37. The van der Waals surface area contributed by atoms with Crippen LogP contribution in [-0.4, -0.2) is 86.4 Å². The molecule has 0 amide bonds. The summed E-state index contributed by atoms with van der Waals surface area (Å²) in [7, 11) is 1.63. The summed E-state index contributed by atoms with van der Waals surface area (Å²) < 4.78 is 48.7. The molecule has 4 rings (SSSR count). The van der Waals surface area contributed by atoms with E-state index in [2.05, 4.69) is 25.1 Å². The van der Waals surface area contributed by atoms with Gasteiger partial charge in [0.2, 0.25) is 0 Å². The third-order valence-electron chi connectivity index (χ3n) is 6.03. The second-order valence-electron chi connectivity index (χ2n) is 9.54. The van der Waals surface area contributed by atoms with Crippen LogP contribution in [0.5, 0.6) is 5.75 Å². The number of rotatable bonds is 7. The molecule has 0 aliphatic carbocycles. The van der Waals surface area contributed by atoms with E-state index in [-0.39, 0.29) is 54.1 Å². The zero-order valence-corrected chi connectivity index (χ0v) is 22.8. The Kier molecular flexibility index (Phi) is 10.3. The van der Waals surface area contributed by atoms with Gasteiger partial charge in [-0.05, 0) is 38.1 Å². The molecule has 3 aromatic rings. The number of pyridine rings is 1. The first kappa shape index (κ1) is 31.5. The maximum Gasteiger partial charge on any atom is 0.419 e.